The fourth-order valence-corrected chi connectivity index (χ4v) is 1.02. The molecule has 0 fully saturated rings. The molecular formula is C7H3N3O5. The zero-order valence-electron chi connectivity index (χ0n) is 7.08. The predicted molar refractivity (Wildman–Crippen MR) is 46.1 cm³/mol. The maximum atomic E-state index is 10.5. The third-order valence-corrected chi connectivity index (χ3v) is 1.62. The van der Waals surface area contributed by atoms with E-state index in [-0.39, 0.29) is 0 Å². The van der Waals surface area contributed by atoms with Gasteiger partial charge in [-0.15, -0.1) is 0 Å². The van der Waals surface area contributed by atoms with Gasteiger partial charge in [-0.05, 0) is 12.1 Å². The summed E-state index contributed by atoms with van der Waals surface area (Å²) in [6.45, 7) is 0. The maximum absolute atomic E-state index is 10.5. The van der Waals surface area contributed by atoms with E-state index >= 15 is 0 Å². The number of benzene rings is 1. The van der Waals surface area contributed by atoms with E-state index in [4.69, 9.17) is 10.4 Å². The van der Waals surface area contributed by atoms with E-state index in [2.05, 4.69) is 0 Å². The zero-order chi connectivity index (χ0) is 11.6. The van der Waals surface area contributed by atoms with Crippen LogP contribution in [-0.2, 0) is 0 Å². The molecule has 8 heteroatoms. The highest BCUT2D eigenvalue weighted by molar-refractivity contribution is 5.68. The smallest absolute Gasteiger partial charge is 0.388 e. The summed E-state index contributed by atoms with van der Waals surface area (Å²) in [5.74, 6) is -0.842. The Labute approximate surface area is 82.3 Å². The van der Waals surface area contributed by atoms with Gasteiger partial charge < -0.3 is 5.11 Å². The Balaban J connectivity index is 3.68. The molecule has 1 aromatic carbocycles. The Bertz CT molecular complexity index is 490. The topological polar surface area (TPSA) is 130 Å². The van der Waals surface area contributed by atoms with Crippen LogP contribution in [0.15, 0.2) is 12.1 Å². The van der Waals surface area contributed by atoms with Gasteiger partial charge in [-0.1, -0.05) is 0 Å². The molecule has 0 heterocycles. The van der Waals surface area contributed by atoms with Crippen molar-refractivity contribution in [3.05, 3.63) is 37.9 Å². The maximum Gasteiger partial charge on any atom is 0.388 e. The highest BCUT2D eigenvalue weighted by Gasteiger charge is 2.32. The minimum Gasteiger partial charge on any atom is -0.502 e. The molecule has 0 saturated carbocycles. The van der Waals surface area contributed by atoms with Gasteiger partial charge in [0.15, 0.2) is 0 Å². The van der Waals surface area contributed by atoms with E-state index in [9.17, 15) is 20.2 Å². The monoisotopic (exact) mass is 209 g/mol. The van der Waals surface area contributed by atoms with Crippen LogP contribution >= 0.6 is 0 Å². The fourth-order valence-electron chi connectivity index (χ4n) is 1.02. The van der Waals surface area contributed by atoms with Crippen LogP contribution in [-0.4, -0.2) is 15.0 Å². The van der Waals surface area contributed by atoms with Crippen LogP contribution in [0.2, 0.25) is 0 Å². The molecular weight excluding hydrogens is 206 g/mol. The van der Waals surface area contributed by atoms with Crippen LogP contribution in [0.1, 0.15) is 5.56 Å². The molecule has 0 bridgehead atoms. The van der Waals surface area contributed by atoms with Gasteiger partial charge in [-0.2, -0.15) is 5.26 Å². The lowest BCUT2D eigenvalue weighted by molar-refractivity contribution is -0.423. The van der Waals surface area contributed by atoms with Crippen molar-refractivity contribution >= 4 is 11.4 Å². The average Bonchev–Trinajstić information content (AvgIpc) is 2.16. The quantitative estimate of drug-likeness (QED) is 0.572. The van der Waals surface area contributed by atoms with Crippen LogP contribution in [0.5, 0.6) is 5.75 Å². The van der Waals surface area contributed by atoms with Crippen LogP contribution in [0.25, 0.3) is 0 Å². The molecule has 0 aromatic heterocycles. The predicted octanol–water partition coefficient (Wildman–Crippen LogP) is 1.08. The number of aromatic hydroxyl groups is 1. The molecule has 0 radical (unpaired) electrons. The van der Waals surface area contributed by atoms with E-state index in [1.54, 1.807) is 0 Å². The molecule has 0 amide bonds. The van der Waals surface area contributed by atoms with Crippen molar-refractivity contribution in [1.29, 1.82) is 5.26 Å². The second-order valence-electron chi connectivity index (χ2n) is 2.46. The first kappa shape index (κ1) is 10.4. The van der Waals surface area contributed by atoms with Gasteiger partial charge in [0.2, 0.25) is 5.75 Å². The molecule has 0 atom stereocenters. The van der Waals surface area contributed by atoms with E-state index in [0.717, 1.165) is 12.1 Å². The standard InChI is InChI=1S/C7H3N3O5/c8-3-4-1-2-5(11)7(10(14)15)6(4)9(12)13/h1-2,11H. The second kappa shape index (κ2) is 3.59. The summed E-state index contributed by atoms with van der Waals surface area (Å²) in [5.41, 5.74) is -2.54. The summed E-state index contributed by atoms with van der Waals surface area (Å²) in [7, 11) is 0. The molecule has 1 aromatic rings. The molecule has 1 N–H and O–H groups in total. The van der Waals surface area contributed by atoms with Crippen molar-refractivity contribution in [2.75, 3.05) is 0 Å². The lowest BCUT2D eigenvalue weighted by Crippen LogP contribution is -1.99. The number of hydrogen-bond acceptors (Lipinski definition) is 6. The molecule has 0 aliphatic carbocycles. The normalized spacial score (nSPS) is 9.27. The first-order chi connectivity index (χ1) is 6.99. The molecule has 15 heavy (non-hydrogen) atoms. The SMILES string of the molecule is N#Cc1ccc(O)c([N+](=O)[O-])c1[N+](=O)[O-]. The van der Waals surface area contributed by atoms with Crippen LogP contribution in [0, 0.1) is 31.6 Å². The minimum absolute atomic E-state index is 0.468. The number of nitriles is 1. The average molecular weight is 209 g/mol. The summed E-state index contributed by atoms with van der Waals surface area (Å²) in [5, 5.41) is 38.5. The van der Waals surface area contributed by atoms with Gasteiger partial charge in [0.05, 0.1) is 9.85 Å². The van der Waals surface area contributed by atoms with Gasteiger partial charge in [-0.25, -0.2) is 0 Å². The number of phenols is 1. The van der Waals surface area contributed by atoms with Crippen molar-refractivity contribution in [2.24, 2.45) is 0 Å². The van der Waals surface area contributed by atoms with Gasteiger partial charge in [-0.3, -0.25) is 20.2 Å². The van der Waals surface area contributed by atoms with Gasteiger partial charge in [0.25, 0.3) is 0 Å². The van der Waals surface area contributed by atoms with Crippen molar-refractivity contribution in [3.8, 4) is 11.8 Å². The van der Waals surface area contributed by atoms with E-state index in [1.807, 2.05) is 0 Å². The van der Waals surface area contributed by atoms with E-state index in [0.29, 0.717) is 0 Å². The fraction of sp³-hybridized carbons (Fsp3) is 0. The third kappa shape index (κ3) is 1.66. The summed E-state index contributed by atoms with van der Waals surface area (Å²) in [6.07, 6.45) is 0. The molecule has 0 spiro atoms. The third-order valence-electron chi connectivity index (χ3n) is 1.62. The number of nitrogens with zero attached hydrogens (tertiary/aromatic N) is 3. The van der Waals surface area contributed by atoms with Gasteiger partial charge >= 0.3 is 11.4 Å². The van der Waals surface area contributed by atoms with Crippen molar-refractivity contribution in [2.45, 2.75) is 0 Å². The molecule has 0 aliphatic heterocycles. The van der Waals surface area contributed by atoms with Crippen molar-refractivity contribution in [3.63, 3.8) is 0 Å². The Morgan fingerprint density at radius 3 is 2.13 bits per heavy atom. The minimum atomic E-state index is -1.10. The van der Waals surface area contributed by atoms with Crippen molar-refractivity contribution < 1.29 is 15.0 Å². The van der Waals surface area contributed by atoms with Crippen LogP contribution in [0.3, 0.4) is 0 Å². The molecule has 0 unspecified atom stereocenters. The summed E-state index contributed by atoms with van der Waals surface area (Å²) >= 11 is 0. The van der Waals surface area contributed by atoms with Crippen molar-refractivity contribution in [1.82, 2.24) is 0 Å². The Morgan fingerprint density at radius 2 is 1.73 bits per heavy atom. The Morgan fingerprint density at radius 1 is 1.20 bits per heavy atom. The molecule has 8 nitrogen and oxygen atoms in total. The Hall–Kier alpha value is -2.69. The van der Waals surface area contributed by atoms with Gasteiger partial charge in [0, 0.05) is 0 Å². The van der Waals surface area contributed by atoms with E-state index < -0.39 is 32.5 Å². The number of phenolic OH excluding ortho intramolecular Hbond substituents is 1. The number of hydrogen-bond donors (Lipinski definition) is 1. The highest BCUT2D eigenvalue weighted by atomic mass is 16.6. The number of rotatable bonds is 2. The molecule has 1 rings (SSSR count). The Kier molecular flexibility index (Phi) is 2.48. The first-order valence-corrected chi connectivity index (χ1v) is 3.54. The summed E-state index contributed by atoms with van der Waals surface area (Å²) < 4.78 is 0. The first-order valence-electron chi connectivity index (χ1n) is 3.54. The largest absolute Gasteiger partial charge is 0.502 e. The molecule has 76 valence electrons. The summed E-state index contributed by atoms with van der Waals surface area (Å²) in [6, 6.07) is 3.25. The number of nitro groups is 2. The van der Waals surface area contributed by atoms with E-state index in [1.165, 1.54) is 6.07 Å². The van der Waals surface area contributed by atoms with Crippen LogP contribution < -0.4 is 0 Å². The zero-order valence-corrected chi connectivity index (χ0v) is 7.08. The van der Waals surface area contributed by atoms with Gasteiger partial charge in [0.1, 0.15) is 11.6 Å². The second-order valence-corrected chi connectivity index (χ2v) is 2.46. The van der Waals surface area contributed by atoms with Crippen LogP contribution in [0.4, 0.5) is 11.4 Å². The number of nitro benzene ring substituents is 2. The molecule has 0 saturated heterocycles. The lowest BCUT2D eigenvalue weighted by Gasteiger charge is -1.98. The summed E-state index contributed by atoms with van der Waals surface area (Å²) in [4.78, 5) is 18.8. The highest BCUT2D eigenvalue weighted by Crippen LogP contribution is 2.37. The lowest BCUT2D eigenvalue weighted by atomic mass is 10.1. The molecule has 0 aliphatic rings.